The lowest BCUT2D eigenvalue weighted by molar-refractivity contribution is 0.0524. The van der Waals surface area contributed by atoms with E-state index in [0.717, 1.165) is 19.4 Å². The molecule has 21 heavy (non-hydrogen) atoms. The summed E-state index contributed by atoms with van der Waals surface area (Å²) < 4.78 is 34.2. The third-order valence-electron chi connectivity index (χ3n) is 3.75. The highest BCUT2D eigenvalue weighted by Gasteiger charge is 2.25. The third kappa shape index (κ3) is 4.14. The van der Waals surface area contributed by atoms with Crippen LogP contribution >= 0.6 is 0 Å². The lowest BCUT2D eigenvalue weighted by Gasteiger charge is -2.34. The average Bonchev–Trinajstić information content (AvgIpc) is 2.45. The van der Waals surface area contributed by atoms with Crippen molar-refractivity contribution < 1.29 is 13.5 Å². The molecule has 0 radical (unpaired) electrons. The topological polar surface area (TPSA) is 24.5 Å². The number of halogens is 2. The first kappa shape index (κ1) is 16.2. The predicted molar refractivity (Wildman–Crippen MR) is 80.6 cm³/mol. The number of nitrogens with zero attached hydrogens (tertiary/aromatic N) is 1. The molecule has 3 nitrogen and oxygen atoms in total. The molecule has 0 bridgehead atoms. The Morgan fingerprint density at radius 1 is 1.29 bits per heavy atom. The molecule has 0 saturated carbocycles. The zero-order valence-corrected chi connectivity index (χ0v) is 12.8. The van der Waals surface area contributed by atoms with Crippen molar-refractivity contribution in [3.05, 3.63) is 29.3 Å². The lowest BCUT2D eigenvalue weighted by Crippen LogP contribution is -2.40. The highest BCUT2D eigenvalue weighted by Crippen LogP contribution is 2.28. The molecule has 0 spiro atoms. The molecular weight excluding hydrogens is 274 g/mol. The van der Waals surface area contributed by atoms with Gasteiger partial charge in [0.25, 0.3) is 0 Å². The summed E-state index contributed by atoms with van der Waals surface area (Å²) in [7, 11) is 0. The molecule has 0 aromatic heterocycles. The van der Waals surface area contributed by atoms with Crippen molar-refractivity contribution in [2.75, 3.05) is 31.1 Å². The second kappa shape index (κ2) is 7.71. The van der Waals surface area contributed by atoms with E-state index in [-0.39, 0.29) is 11.8 Å². The number of hydrogen-bond donors (Lipinski definition) is 1. The highest BCUT2D eigenvalue weighted by atomic mass is 19.1. The van der Waals surface area contributed by atoms with Crippen LogP contribution in [0.15, 0.2) is 12.1 Å². The normalized spacial score (nSPS) is 19.0. The molecule has 2 rings (SSSR count). The zero-order chi connectivity index (χ0) is 15.2. The van der Waals surface area contributed by atoms with Crippen LogP contribution in [0.4, 0.5) is 14.5 Å². The molecule has 1 aromatic rings. The van der Waals surface area contributed by atoms with E-state index >= 15 is 0 Å². The van der Waals surface area contributed by atoms with E-state index in [1.165, 1.54) is 12.1 Å². The van der Waals surface area contributed by atoms with Crippen LogP contribution in [0.25, 0.3) is 0 Å². The van der Waals surface area contributed by atoms with Crippen molar-refractivity contribution >= 4 is 5.69 Å². The Balaban J connectivity index is 2.15. The first-order chi connectivity index (χ1) is 10.2. The molecule has 1 unspecified atom stereocenters. The van der Waals surface area contributed by atoms with Crippen molar-refractivity contribution in [3.8, 4) is 0 Å². The molecule has 1 aliphatic heterocycles. The summed E-state index contributed by atoms with van der Waals surface area (Å²) in [6, 6.07) is 2.84. The molecule has 1 aromatic carbocycles. The number of nitrogens with one attached hydrogen (secondary N) is 1. The van der Waals surface area contributed by atoms with Gasteiger partial charge >= 0.3 is 0 Å². The minimum absolute atomic E-state index is 0.0592. The van der Waals surface area contributed by atoms with Crippen LogP contribution < -0.4 is 10.2 Å². The number of hydrogen-bond acceptors (Lipinski definition) is 3. The van der Waals surface area contributed by atoms with Crippen LogP contribution in [0, 0.1) is 11.6 Å². The lowest BCUT2D eigenvalue weighted by atomic mass is 10.1. The van der Waals surface area contributed by atoms with Gasteiger partial charge in [-0.05, 0) is 44.0 Å². The minimum atomic E-state index is -0.486. The quantitative estimate of drug-likeness (QED) is 0.873. The Labute approximate surface area is 125 Å². The van der Waals surface area contributed by atoms with Crippen molar-refractivity contribution in [1.29, 1.82) is 0 Å². The Hall–Kier alpha value is -1.20. The van der Waals surface area contributed by atoms with Gasteiger partial charge in [0.15, 0.2) is 0 Å². The number of anilines is 1. The van der Waals surface area contributed by atoms with Gasteiger partial charge in [-0.15, -0.1) is 0 Å². The van der Waals surface area contributed by atoms with Gasteiger partial charge in [-0.1, -0.05) is 6.92 Å². The van der Waals surface area contributed by atoms with E-state index < -0.39 is 11.6 Å². The van der Waals surface area contributed by atoms with Crippen LogP contribution in [0.3, 0.4) is 0 Å². The summed E-state index contributed by atoms with van der Waals surface area (Å²) in [5, 5.41) is 3.07. The summed E-state index contributed by atoms with van der Waals surface area (Å²) in [4.78, 5) is 1.77. The van der Waals surface area contributed by atoms with Gasteiger partial charge in [0.2, 0.25) is 0 Å². The van der Waals surface area contributed by atoms with E-state index in [1.54, 1.807) is 4.90 Å². The Bertz CT molecular complexity index is 443. The van der Waals surface area contributed by atoms with Gasteiger partial charge in [0.1, 0.15) is 17.3 Å². The van der Waals surface area contributed by atoms with Crippen LogP contribution in [-0.4, -0.2) is 32.3 Å². The minimum Gasteiger partial charge on any atom is -0.377 e. The number of rotatable bonds is 6. The Morgan fingerprint density at radius 3 is 2.62 bits per heavy atom. The van der Waals surface area contributed by atoms with Crippen LogP contribution in [0.5, 0.6) is 0 Å². The molecule has 1 heterocycles. The monoisotopic (exact) mass is 298 g/mol. The largest absolute Gasteiger partial charge is 0.377 e. The summed E-state index contributed by atoms with van der Waals surface area (Å²) in [6.07, 6.45) is 1.90. The molecule has 1 aliphatic rings. The molecule has 1 saturated heterocycles. The van der Waals surface area contributed by atoms with Gasteiger partial charge in [0.05, 0.1) is 6.10 Å². The maximum atomic E-state index is 14.3. The number of benzene rings is 1. The van der Waals surface area contributed by atoms with E-state index in [9.17, 15) is 8.78 Å². The van der Waals surface area contributed by atoms with Gasteiger partial charge in [-0.3, -0.25) is 0 Å². The number of piperidine rings is 1. The smallest absolute Gasteiger partial charge is 0.149 e. The van der Waals surface area contributed by atoms with E-state index in [1.807, 2.05) is 13.8 Å². The van der Waals surface area contributed by atoms with Crippen molar-refractivity contribution in [1.82, 2.24) is 5.32 Å². The van der Waals surface area contributed by atoms with E-state index in [0.29, 0.717) is 31.8 Å². The van der Waals surface area contributed by atoms with Crippen LogP contribution in [0.2, 0.25) is 0 Å². The van der Waals surface area contributed by atoms with Crippen LogP contribution in [0.1, 0.15) is 32.3 Å². The SMILES string of the molecule is CCNCc1cc(F)c(N2CCCC(OCC)C2)c(F)c1. The predicted octanol–water partition coefficient (Wildman–Crippen LogP) is 3.08. The molecule has 1 atom stereocenters. The summed E-state index contributed by atoms with van der Waals surface area (Å²) in [6.45, 7) is 7.00. The van der Waals surface area contributed by atoms with Gasteiger partial charge in [-0.25, -0.2) is 8.78 Å². The highest BCUT2D eigenvalue weighted by molar-refractivity contribution is 5.51. The Kier molecular flexibility index (Phi) is 5.94. The van der Waals surface area contributed by atoms with Crippen molar-refractivity contribution in [2.24, 2.45) is 0 Å². The number of ether oxygens (including phenoxy) is 1. The fourth-order valence-corrected chi connectivity index (χ4v) is 2.80. The zero-order valence-electron chi connectivity index (χ0n) is 12.8. The Morgan fingerprint density at radius 2 is 2.00 bits per heavy atom. The van der Waals surface area contributed by atoms with Gasteiger partial charge in [-0.2, -0.15) is 0 Å². The molecule has 5 heteroatoms. The fourth-order valence-electron chi connectivity index (χ4n) is 2.80. The molecule has 0 amide bonds. The molecule has 118 valence electrons. The maximum absolute atomic E-state index is 14.3. The molecular formula is C16H24F2N2O. The van der Waals surface area contributed by atoms with Crippen molar-refractivity contribution in [3.63, 3.8) is 0 Å². The third-order valence-corrected chi connectivity index (χ3v) is 3.75. The molecule has 1 fully saturated rings. The van der Waals surface area contributed by atoms with E-state index in [4.69, 9.17) is 4.74 Å². The maximum Gasteiger partial charge on any atom is 0.149 e. The van der Waals surface area contributed by atoms with E-state index in [2.05, 4.69) is 5.32 Å². The fraction of sp³-hybridized carbons (Fsp3) is 0.625. The summed E-state index contributed by atoms with van der Waals surface area (Å²) in [5.74, 6) is -0.972. The molecule has 1 N–H and O–H groups in total. The van der Waals surface area contributed by atoms with Gasteiger partial charge in [0, 0.05) is 26.2 Å². The van der Waals surface area contributed by atoms with Crippen LogP contribution in [-0.2, 0) is 11.3 Å². The summed E-state index contributed by atoms with van der Waals surface area (Å²) in [5.41, 5.74) is 0.716. The van der Waals surface area contributed by atoms with Gasteiger partial charge < -0.3 is 15.0 Å². The average molecular weight is 298 g/mol. The first-order valence-electron chi connectivity index (χ1n) is 7.70. The second-order valence-electron chi connectivity index (χ2n) is 5.35. The summed E-state index contributed by atoms with van der Waals surface area (Å²) >= 11 is 0. The van der Waals surface area contributed by atoms with Crippen molar-refractivity contribution in [2.45, 2.75) is 39.3 Å². The standard InChI is InChI=1S/C16H24F2N2O/c1-3-19-10-12-8-14(17)16(15(18)9-12)20-7-5-6-13(11-20)21-4-2/h8-9,13,19H,3-7,10-11H2,1-2H3. The molecule has 0 aliphatic carbocycles. The second-order valence-corrected chi connectivity index (χ2v) is 5.35. The first-order valence-corrected chi connectivity index (χ1v) is 7.70.